The molecule has 0 aliphatic heterocycles. The second-order valence-electron chi connectivity index (χ2n) is 5.71. The topological polar surface area (TPSA) is 108 Å². The van der Waals surface area contributed by atoms with Crippen LogP contribution in [0, 0.1) is 0 Å². The summed E-state index contributed by atoms with van der Waals surface area (Å²) in [6.07, 6.45) is 8.53. The number of nitrogens with one attached hydrogen (secondary N) is 2. The van der Waals surface area contributed by atoms with Crippen LogP contribution in [0.2, 0.25) is 0 Å². The van der Waals surface area contributed by atoms with Crippen molar-refractivity contribution in [2.45, 2.75) is 71.3 Å². The van der Waals surface area contributed by atoms with Crippen molar-refractivity contribution in [2.75, 3.05) is 19.7 Å². The van der Waals surface area contributed by atoms with Crippen molar-refractivity contribution in [1.29, 1.82) is 0 Å². The summed E-state index contributed by atoms with van der Waals surface area (Å²) in [6, 6.07) is -0.740. The summed E-state index contributed by atoms with van der Waals surface area (Å²) in [5.74, 6) is -0.275. The fraction of sp³-hybridized carbons (Fsp3) is 0.933. The monoisotopic (exact) mass is 352 g/mol. The van der Waals surface area contributed by atoms with Gasteiger partial charge < -0.3 is 20.4 Å². The van der Waals surface area contributed by atoms with Gasteiger partial charge in [-0.3, -0.25) is 9.32 Å². The van der Waals surface area contributed by atoms with Gasteiger partial charge in [-0.15, -0.1) is 0 Å². The molecule has 0 rings (SSSR count). The molecule has 0 aromatic rings. The van der Waals surface area contributed by atoms with Gasteiger partial charge in [-0.1, -0.05) is 52.4 Å². The van der Waals surface area contributed by atoms with E-state index in [9.17, 15) is 9.36 Å². The van der Waals surface area contributed by atoms with Gasteiger partial charge in [0.2, 0.25) is 5.91 Å². The van der Waals surface area contributed by atoms with Crippen molar-refractivity contribution in [3.8, 4) is 0 Å². The average molecular weight is 352 g/mol. The Morgan fingerprint density at radius 2 is 1.57 bits per heavy atom. The van der Waals surface area contributed by atoms with Gasteiger partial charge in [-0.05, 0) is 19.4 Å². The lowest BCUT2D eigenvalue weighted by Crippen LogP contribution is -2.47. The molecule has 4 N–H and O–H groups in total. The molecule has 138 valence electrons. The van der Waals surface area contributed by atoms with E-state index in [1.807, 2.05) is 0 Å². The minimum Gasteiger partial charge on any atom is -0.355 e. The summed E-state index contributed by atoms with van der Waals surface area (Å²) < 4.78 is 15.3. The zero-order valence-electron chi connectivity index (χ0n) is 14.4. The molecule has 0 heterocycles. The molecule has 0 bridgehead atoms. The number of hydrogen-bond donors (Lipinski definition) is 4. The third-order valence-electron chi connectivity index (χ3n) is 3.48. The molecule has 23 heavy (non-hydrogen) atoms. The predicted molar refractivity (Wildman–Crippen MR) is 91.1 cm³/mol. The van der Waals surface area contributed by atoms with Crippen LogP contribution in [0.3, 0.4) is 0 Å². The highest BCUT2D eigenvalue weighted by molar-refractivity contribution is 7.46. The van der Waals surface area contributed by atoms with E-state index in [1.54, 1.807) is 0 Å². The van der Waals surface area contributed by atoms with Crippen LogP contribution in [0.5, 0.6) is 0 Å². The molecule has 0 radical (unpaired) electrons. The summed E-state index contributed by atoms with van der Waals surface area (Å²) in [6.45, 7) is 5.09. The van der Waals surface area contributed by atoms with E-state index in [1.165, 1.54) is 12.8 Å². The van der Waals surface area contributed by atoms with Crippen LogP contribution < -0.4 is 10.6 Å². The maximum atomic E-state index is 12.1. The number of carbonyl (C=O) groups is 1. The largest absolute Gasteiger partial charge is 0.469 e. The van der Waals surface area contributed by atoms with Crippen LogP contribution in [0.4, 0.5) is 0 Å². The van der Waals surface area contributed by atoms with Gasteiger partial charge in [-0.2, -0.15) is 0 Å². The third kappa shape index (κ3) is 14.8. The van der Waals surface area contributed by atoms with Gasteiger partial charge in [0.1, 0.15) is 6.04 Å². The lowest BCUT2D eigenvalue weighted by Gasteiger charge is -2.18. The summed E-state index contributed by atoms with van der Waals surface area (Å²) in [5, 5.41) is 5.81. The quantitative estimate of drug-likeness (QED) is 0.266. The number of phosphoric ester groups is 1. The maximum absolute atomic E-state index is 12.1. The first-order chi connectivity index (χ1) is 10.9. The summed E-state index contributed by atoms with van der Waals surface area (Å²) in [5.41, 5.74) is 0. The highest BCUT2D eigenvalue weighted by atomic mass is 31.2. The molecule has 1 amide bonds. The van der Waals surface area contributed by atoms with E-state index in [-0.39, 0.29) is 12.5 Å². The average Bonchev–Trinajstić information content (AvgIpc) is 2.49. The Balaban J connectivity index is 4.16. The fourth-order valence-corrected chi connectivity index (χ4v) is 2.46. The first-order valence-corrected chi connectivity index (χ1v) is 10.1. The number of rotatable bonds is 15. The Morgan fingerprint density at radius 3 is 2.17 bits per heavy atom. The Bertz CT molecular complexity index is 349. The molecule has 7 nitrogen and oxygen atoms in total. The molecule has 0 saturated heterocycles. The van der Waals surface area contributed by atoms with E-state index in [2.05, 4.69) is 29.0 Å². The summed E-state index contributed by atoms with van der Waals surface area (Å²) >= 11 is 0. The first kappa shape index (κ1) is 22.5. The molecule has 0 aliphatic rings. The van der Waals surface area contributed by atoms with E-state index < -0.39 is 13.9 Å². The number of hydrogen-bond acceptors (Lipinski definition) is 4. The Kier molecular flexibility index (Phi) is 13.7. The minimum atomic E-state index is -4.57. The Morgan fingerprint density at radius 1 is 1.00 bits per heavy atom. The minimum absolute atomic E-state index is 0.275. The van der Waals surface area contributed by atoms with E-state index in [4.69, 9.17) is 9.79 Å². The second kappa shape index (κ2) is 13.9. The van der Waals surface area contributed by atoms with E-state index in [0.717, 1.165) is 38.5 Å². The van der Waals surface area contributed by atoms with E-state index in [0.29, 0.717) is 13.1 Å². The zero-order chi connectivity index (χ0) is 17.6. The maximum Gasteiger partial charge on any atom is 0.469 e. The van der Waals surface area contributed by atoms with Crippen LogP contribution in [0.15, 0.2) is 0 Å². The van der Waals surface area contributed by atoms with Gasteiger partial charge >= 0.3 is 7.82 Å². The van der Waals surface area contributed by atoms with Gasteiger partial charge in [0.25, 0.3) is 0 Å². The molecule has 0 spiro atoms. The third-order valence-corrected chi connectivity index (χ3v) is 3.96. The van der Waals surface area contributed by atoms with Crippen LogP contribution in [-0.2, 0) is 13.9 Å². The molecular weight excluding hydrogens is 319 g/mol. The lowest BCUT2D eigenvalue weighted by atomic mass is 10.1. The van der Waals surface area contributed by atoms with Gasteiger partial charge in [0, 0.05) is 6.54 Å². The fourth-order valence-electron chi connectivity index (χ4n) is 2.11. The predicted octanol–water partition coefficient (Wildman–Crippen LogP) is 2.33. The van der Waals surface area contributed by atoms with Crippen LogP contribution >= 0.6 is 7.82 Å². The highest BCUT2D eigenvalue weighted by Crippen LogP contribution is 2.35. The SMILES string of the molecule is CCCCCCCNC(COP(=O)(O)O)C(=O)NCCCCC. The molecular formula is C15H33N2O5P. The molecule has 0 saturated carbocycles. The molecule has 1 unspecified atom stereocenters. The molecule has 1 atom stereocenters. The Hall–Kier alpha value is -0.460. The smallest absolute Gasteiger partial charge is 0.355 e. The van der Waals surface area contributed by atoms with Crippen molar-refractivity contribution in [1.82, 2.24) is 10.6 Å². The van der Waals surface area contributed by atoms with Crippen LogP contribution in [-0.4, -0.2) is 41.4 Å². The van der Waals surface area contributed by atoms with Crippen LogP contribution in [0.25, 0.3) is 0 Å². The Labute approximate surface area is 139 Å². The number of phosphoric acid groups is 1. The van der Waals surface area contributed by atoms with E-state index >= 15 is 0 Å². The number of unbranched alkanes of at least 4 members (excludes halogenated alkanes) is 6. The summed E-state index contributed by atoms with van der Waals surface area (Å²) in [4.78, 5) is 29.7. The molecule has 0 aromatic heterocycles. The summed E-state index contributed by atoms with van der Waals surface area (Å²) in [7, 11) is -4.57. The normalized spacial score (nSPS) is 13.0. The van der Waals surface area contributed by atoms with Crippen LogP contribution in [0.1, 0.15) is 65.2 Å². The van der Waals surface area contributed by atoms with Crippen molar-refractivity contribution in [3.05, 3.63) is 0 Å². The molecule has 0 fully saturated rings. The van der Waals surface area contributed by atoms with Crippen molar-refractivity contribution in [3.63, 3.8) is 0 Å². The van der Waals surface area contributed by atoms with Crippen molar-refractivity contribution in [2.24, 2.45) is 0 Å². The second-order valence-corrected chi connectivity index (χ2v) is 6.94. The van der Waals surface area contributed by atoms with Gasteiger partial charge in [0.15, 0.2) is 0 Å². The zero-order valence-corrected chi connectivity index (χ0v) is 15.3. The molecule has 0 aliphatic carbocycles. The number of carbonyl (C=O) groups excluding carboxylic acids is 1. The number of amides is 1. The van der Waals surface area contributed by atoms with Crippen molar-refractivity contribution < 1.29 is 23.7 Å². The van der Waals surface area contributed by atoms with Crippen molar-refractivity contribution >= 4 is 13.7 Å². The molecule has 0 aromatic carbocycles. The highest BCUT2D eigenvalue weighted by Gasteiger charge is 2.23. The van der Waals surface area contributed by atoms with Gasteiger partial charge in [-0.25, -0.2) is 4.57 Å². The lowest BCUT2D eigenvalue weighted by molar-refractivity contribution is -0.123. The van der Waals surface area contributed by atoms with Gasteiger partial charge in [0.05, 0.1) is 6.61 Å². The molecule has 8 heteroatoms. The standard InChI is InChI=1S/C15H33N2O5P/c1-3-5-7-8-10-11-16-14(13-22-23(19,20)21)15(18)17-12-9-6-4-2/h14,16H,3-13H2,1-2H3,(H,17,18)(H2,19,20,21). The first-order valence-electron chi connectivity index (χ1n) is 8.61.